The highest BCUT2D eigenvalue weighted by Gasteiger charge is 2.08. The minimum Gasteiger partial charge on any atom is -0.495 e. The number of nitrogens with zero attached hydrogens (tertiary/aromatic N) is 2. The number of hydrogen-bond donors (Lipinski definition) is 2. The normalized spacial score (nSPS) is 10.6. The summed E-state index contributed by atoms with van der Waals surface area (Å²) in [5.74, 6) is 1.35. The summed E-state index contributed by atoms with van der Waals surface area (Å²) in [4.78, 5) is 8.49. The number of hydrogen-bond acceptors (Lipinski definition) is 5. The molecule has 0 saturated heterocycles. The fraction of sp³-hybridized carbons (Fsp3) is 0.0667. The molecule has 0 atom stereocenters. The van der Waals surface area contributed by atoms with Gasteiger partial charge in [0.05, 0.1) is 18.3 Å². The van der Waals surface area contributed by atoms with Crippen LogP contribution in [-0.4, -0.2) is 17.1 Å². The molecule has 0 aliphatic rings. The summed E-state index contributed by atoms with van der Waals surface area (Å²) in [5.41, 5.74) is 7.94. The van der Waals surface area contributed by atoms with Crippen LogP contribution in [0.15, 0.2) is 42.7 Å². The quantitative estimate of drug-likeness (QED) is 0.723. The Kier molecular flexibility index (Phi) is 3.50. The van der Waals surface area contributed by atoms with Crippen molar-refractivity contribution in [1.82, 2.24) is 9.97 Å². The lowest BCUT2D eigenvalue weighted by Gasteiger charge is -2.12. The Balaban J connectivity index is 2.08. The van der Waals surface area contributed by atoms with Crippen LogP contribution in [0.1, 0.15) is 0 Å². The largest absolute Gasteiger partial charge is 0.495 e. The minimum absolute atomic E-state index is 0.612. The molecule has 6 heteroatoms. The molecule has 1 aromatic heterocycles. The van der Waals surface area contributed by atoms with Crippen molar-refractivity contribution in [3.8, 4) is 5.75 Å². The van der Waals surface area contributed by atoms with Crippen LogP contribution in [0.3, 0.4) is 0 Å². The van der Waals surface area contributed by atoms with E-state index in [1.54, 1.807) is 31.4 Å². The van der Waals surface area contributed by atoms with Gasteiger partial charge >= 0.3 is 0 Å². The number of nitrogen functional groups attached to an aromatic ring is 1. The zero-order valence-electron chi connectivity index (χ0n) is 11.3. The van der Waals surface area contributed by atoms with E-state index in [0.29, 0.717) is 22.3 Å². The van der Waals surface area contributed by atoms with E-state index in [4.69, 9.17) is 22.1 Å². The first-order valence-electron chi connectivity index (χ1n) is 6.28. The van der Waals surface area contributed by atoms with Gasteiger partial charge in [-0.25, -0.2) is 9.97 Å². The number of nitrogens with one attached hydrogen (secondary N) is 1. The van der Waals surface area contributed by atoms with Gasteiger partial charge in [-0.3, -0.25) is 0 Å². The number of ether oxygens (including phenoxy) is 1. The second-order valence-corrected chi connectivity index (χ2v) is 4.90. The molecule has 3 aromatic rings. The van der Waals surface area contributed by atoms with E-state index >= 15 is 0 Å². The second kappa shape index (κ2) is 5.46. The average Bonchev–Trinajstić information content (AvgIpc) is 2.47. The first-order chi connectivity index (χ1) is 10.2. The smallest absolute Gasteiger partial charge is 0.142 e. The molecule has 0 radical (unpaired) electrons. The molecule has 3 N–H and O–H groups in total. The van der Waals surface area contributed by atoms with Crippen molar-refractivity contribution >= 4 is 39.7 Å². The molecule has 0 amide bonds. The van der Waals surface area contributed by atoms with Gasteiger partial charge in [0, 0.05) is 16.1 Å². The van der Waals surface area contributed by atoms with Gasteiger partial charge in [-0.05, 0) is 36.4 Å². The molecular weight excluding hydrogens is 288 g/mol. The topological polar surface area (TPSA) is 73.1 Å². The SMILES string of the molecule is COc1ccc(Cl)cc1Nc1ncnc2cc(N)ccc12. The molecule has 0 bridgehead atoms. The van der Waals surface area contributed by atoms with E-state index in [9.17, 15) is 0 Å². The summed E-state index contributed by atoms with van der Waals surface area (Å²) in [5, 5.41) is 4.71. The average molecular weight is 301 g/mol. The molecule has 0 aliphatic carbocycles. The third-order valence-electron chi connectivity index (χ3n) is 3.08. The second-order valence-electron chi connectivity index (χ2n) is 4.47. The van der Waals surface area contributed by atoms with Gasteiger partial charge in [-0.2, -0.15) is 0 Å². The Morgan fingerprint density at radius 2 is 2.00 bits per heavy atom. The first-order valence-corrected chi connectivity index (χ1v) is 6.66. The lowest BCUT2D eigenvalue weighted by Crippen LogP contribution is -1.99. The maximum atomic E-state index is 6.03. The predicted molar refractivity (Wildman–Crippen MR) is 85.2 cm³/mol. The van der Waals surface area contributed by atoms with Crippen molar-refractivity contribution in [2.45, 2.75) is 0 Å². The van der Waals surface area contributed by atoms with Crippen LogP contribution in [0.4, 0.5) is 17.2 Å². The molecule has 0 saturated carbocycles. The van der Waals surface area contributed by atoms with Crippen LogP contribution in [0.25, 0.3) is 10.9 Å². The number of anilines is 3. The molecule has 5 nitrogen and oxygen atoms in total. The van der Waals surface area contributed by atoms with Crippen molar-refractivity contribution in [2.75, 3.05) is 18.2 Å². The highest BCUT2D eigenvalue weighted by molar-refractivity contribution is 6.31. The number of benzene rings is 2. The van der Waals surface area contributed by atoms with Gasteiger partial charge in [0.15, 0.2) is 0 Å². The summed E-state index contributed by atoms with van der Waals surface area (Å²) >= 11 is 6.03. The molecule has 0 unspecified atom stereocenters. The summed E-state index contributed by atoms with van der Waals surface area (Å²) in [6.07, 6.45) is 1.49. The van der Waals surface area contributed by atoms with Gasteiger partial charge in [-0.15, -0.1) is 0 Å². The van der Waals surface area contributed by atoms with Gasteiger partial charge in [0.2, 0.25) is 0 Å². The highest BCUT2D eigenvalue weighted by atomic mass is 35.5. The molecular formula is C15H13ClN4O. The lowest BCUT2D eigenvalue weighted by molar-refractivity contribution is 0.417. The monoisotopic (exact) mass is 300 g/mol. The zero-order chi connectivity index (χ0) is 14.8. The number of aromatic nitrogens is 2. The van der Waals surface area contributed by atoms with E-state index < -0.39 is 0 Å². The molecule has 2 aromatic carbocycles. The fourth-order valence-electron chi connectivity index (χ4n) is 2.08. The van der Waals surface area contributed by atoms with Gasteiger partial charge in [0.25, 0.3) is 0 Å². The van der Waals surface area contributed by atoms with Crippen LogP contribution < -0.4 is 15.8 Å². The standard InChI is InChI=1S/C15H13ClN4O/c1-21-14-5-2-9(16)6-13(14)20-15-11-4-3-10(17)7-12(11)18-8-19-15/h2-8H,17H2,1H3,(H,18,19,20). The Morgan fingerprint density at radius 1 is 1.14 bits per heavy atom. The van der Waals surface area contributed by atoms with Gasteiger partial charge in [0.1, 0.15) is 17.9 Å². The van der Waals surface area contributed by atoms with Crippen LogP contribution in [0, 0.1) is 0 Å². The maximum absolute atomic E-state index is 6.03. The van der Waals surface area contributed by atoms with Crippen molar-refractivity contribution in [1.29, 1.82) is 0 Å². The number of methoxy groups -OCH3 is 1. The fourth-order valence-corrected chi connectivity index (χ4v) is 2.25. The molecule has 0 aliphatic heterocycles. The number of nitrogens with two attached hydrogens (primary N) is 1. The zero-order valence-corrected chi connectivity index (χ0v) is 12.1. The maximum Gasteiger partial charge on any atom is 0.142 e. The summed E-state index contributed by atoms with van der Waals surface area (Å²) in [6.45, 7) is 0. The third-order valence-corrected chi connectivity index (χ3v) is 3.31. The lowest BCUT2D eigenvalue weighted by atomic mass is 10.2. The van der Waals surface area contributed by atoms with Crippen molar-refractivity contribution in [3.63, 3.8) is 0 Å². The molecule has 0 fully saturated rings. The third kappa shape index (κ3) is 2.68. The van der Waals surface area contributed by atoms with Crippen LogP contribution in [-0.2, 0) is 0 Å². The van der Waals surface area contributed by atoms with Gasteiger partial charge in [-0.1, -0.05) is 11.6 Å². The van der Waals surface area contributed by atoms with Crippen molar-refractivity contribution in [2.24, 2.45) is 0 Å². The van der Waals surface area contributed by atoms with Crippen LogP contribution >= 0.6 is 11.6 Å². The molecule has 3 rings (SSSR count). The van der Waals surface area contributed by atoms with Crippen molar-refractivity contribution in [3.05, 3.63) is 47.7 Å². The van der Waals surface area contributed by atoms with Gasteiger partial charge < -0.3 is 15.8 Å². The first kappa shape index (κ1) is 13.5. The molecule has 0 spiro atoms. The summed E-state index contributed by atoms with van der Waals surface area (Å²) in [7, 11) is 1.60. The predicted octanol–water partition coefficient (Wildman–Crippen LogP) is 3.62. The molecule has 21 heavy (non-hydrogen) atoms. The van der Waals surface area contributed by atoms with Crippen LogP contribution in [0.5, 0.6) is 5.75 Å². The van der Waals surface area contributed by atoms with E-state index in [0.717, 1.165) is 16.6 Å². The molecule has 1 heterocycles. The van der Waals surface area contributed by atoms with E-state index in [1.807, 2.05) is 12.1 Å². The highest BCUT2D eigenvalue weighted by Crippen LogP contribution is 2.32. The summed E-state index contributed by atoms with van der Waals surface area (Å²) in [6, 6.07) is 10.8. The van der Waals surface area contributed by atoms with E-state index in [2.05, 4.69) is 15.3 Å². The van der Waals surface area contributed by atoms with E-state index in [1.165, 1.54) is 6.33 Å². The number of halogens is 1. The van der Waals surface area contributed by atoms with E-state index in [-0.39, 0.29) is 0 Å². The van der Waals surface area contributed by atoms with Crippen LogP contribution in [0.2, 0.25) is 5.02 Å². The summed E-state index contributed by atoms with van der Waals surface area (Å²) < 4.78 is 5.32. The number of rotatable bonds is 3. The Hall–Kier alpha value is -2.53. The Labute approximate surface area is 126 Å². The molecule has 106 valence electrons. The Bertz CT molecular complexity index is 807. The Morgan fingerprint density at radius 3 is 2.81 bits per heavy atom. The van der Waals surface area contributed by atoms with Crippen molar-refractivity contribution < 1.29 is 4.74 Å². The number of fused-ring (bicyclic) bond motifs is 1. The minimum atomic E-state index is 0.612.